The first-order chi connectivity index (χ1) is 28.1. The minimum atomic E-state index is -0.831. The summed E-state index contributed by atoms with van der Waals surface area (Å²) >= 11 is 1.55. The number of nitrogens with zero attached hydrogens (tertiary/aromatic N) is 2. The van der Waals surface area contributed by atoms with Crippen molar-refractivity contribution in [2.75, 3.05) is 124 Å². The lowest BCUT2D eigenvalue weighted by atomic mass is 9.87. The number of rotatable bonds is 30. The van der Waals surface area contributed by atoms with Gasteiger partial charge < -0.3 is 58.3 Å². The smallest absolute Gasteiger partial charge is 0.407 e. The molecule has 346 valence electrons. The van der Waals surface area contributed by atoms with E-state index >= 15 is 0 Å². The van der Waals surface area contributed by atoms with Crippen LogP contribution in [0, 0.1) is 11.8 Å². The van der Waals surface area contributed by atoms with E-state index in [9.17, 15) is 19.2 Å². The van der Waals surface area contributed by atoms with Crippen LogP contribution >= 0.6 is 11.8 Å². The van der Waals surface area contributed by atoms with Crippen molar-refractivity contribution in [3.63, 3.8) is 0 Å². The maximum Gasteiger partial charge on any atom is 0.407 e. The molecular formula is C42H80N4O12S. The van der Waals surface area contributed by atoms with Crippen molar-refractivity contribution >= 4 is 35.8 Å². The molecule has 0 bridgehead atoms. The Balaban J connectivity index is 0.000000636. The minimum Gasteiger partial charge on any atom is -0.465 e. The predicted octanol–water partition coefficient (Wildman–Crippen LogP) is 4.86. The minimum absolute atomic E-state index is 0.181. The molecule has 0 saturated carbocycles. The Kier molecular flexibility index (Phi) is 31.0. The lowest BCUT2D eigenvalue weighted by molar-refractivity contribution is -0.223. The molecule has 2 N–H and O–H groups in total. The van der Waals surface area contributed by atoms with Crippen molar-refractivity contribution in [2.24, 2.45) is 11.8 Å². The quantitative estimate of drug-likeness (QED) is 0.0434. The molecule has 0 radical (unpaired) electrons. The predicted molar refractivity (Wildman–Crippen MR) is 229 cm³/mol. The van der Waals surface area contributed by atoms with Gasteiger partial charge >= 0.3 is 24.0 Å². The molecule has 0 aromatic rings. The van der Waals surface area contributed by atoms with Crippen LogP contribution < -0.4 is 10.6 Å². The number of hydrogen-bond donors (Lipinski definition) is 2. The molecule has 0 aromatic heterocycles. The Labute approximate surface area is 359 Å². The van der Waals surface area contributed by atoms with Crippen LogP contribution in [0.1, 0.15) is 99.3 Å². The van der Waals surface area contributed by atoms with Gasteiger partial charge in [-0.15, -0.1) is 0 Å². The Hall–Kier alpha value is -2.25. The van der Waals surface area contributed by atoms with Gasteiger partial charge in [0.1, 0.15) is 26.4 Å². The summed E-state index contributed by atoms with van der Waals surface area (Å²) in [6.07, 6.45) is 9.70. The summed E-state index contributed by atoms with van der Waals surface area (Å²) in [7, 11) is 4.08. The highest BCUT2D eigenvalue weighted by Gasteiger charge is 2.23. The third-order valence-electron chi connectivity index (χ3n) is 9.90. The average Bonchev–Trinajstić information content (AvgIpc) is 3.20. The first-order valence-corrected chi connectivity index (χ1v) is 22.8. The maximum atomic E-state index is 12.1. The molecule has 17 heteroatoms. The second kappa shape index (κ2) is 33.4. The van der Waals surface area contributed by atoms with Crippen LogP contribution in [0.4, 0.5) is 4.79 Å². The molecule has 0 unspecified atom stereocenters. The fourth-order valence-electron chi connectivity index (χ4n) is 6.38. The summed E-state index contributed by atoms with van der Waals surface area (Å²) in [6, 6.07) is 0. The van der Waals surface area contributed by atoms with Crippen LogP contribution in [0.15, 0.2) is 0 Å². The Morgan fingerprint density at radius 1 is 0.661 bits per heavy atom. The van der Waals surface area contributed by atoms with E-state index in [4.69, 9.17) is 37.9 Å². The van der Waals surface area contributed by atoms with Crippen molar-refractivity contribution in [3.05, 3.63) is 0 Å². The SMILES string of the molecule is CCC(=O)OCCOC(C)(C)OCCOC(=O)CCN1CCC(CCCC2CCN(C)CC2)CC1.CNCCOC(C)(C)OCCNC(=O)OCCSCCOC(C)=O. The fraction of sp³-hybridized carbons (Fsp3) is 0.905. The zero-order valence-electron chi connectivity index (χ0n) is 37.7. The summed E-state index contributed by atoms with van der Waals surface area (Å²) in [6.45, 7) is 19.4. The summed E-state index contributed by atoms with van der Waals surface area (Å²) in [5.41, 5.74) is 0. The van der Waals surface area contributed by atoms with Crippen LogP contribution in [-0.2, 0) is 52.3 Å². The van der Waals surface area contributed by atoms with E-state index in [1.54, 1.807) is 32.5 Å². The zero-order valence-corrected chi connectivity index (χ0v) is 38.6. The lowest BCUT2D eigenvalue weighted by Crippen LogP contribution is -2.35. The molecule has 1 amide bonds. The van der Waals surface area contributed by atoms with Gasteiger partial charge in [0.25, 0.3) is 0 Å². The second-order valence-electron chi connectivity index (χ2n) is 15.8. The van der Waals surface area contributed by atoms with E-state index < -0.39 is 17.7 Å². The van der Waals surface area contributed by atoms with Gasteiger partial charge in [-0.3, -0.25) is 14.4 Å². The number of likely N-dealkylation sites (tertiary alicyclic amines) is 2. The molecule has 0 aliphatic carbocycles. The molecule has 16 nitrogen and oxygen atoms in total. The van der Waals surface area contributed by atoms with E-state index in [0.29, 0.717) is 57.3 Å². The first kappa shape index (κ1) is 54.8. The van der Waals surface area contributed by atoms with E-state index in [0.717, 1.165) is 38.0 Å². The van der Waals surface area contributed by atoms with E-state index in [1.807, 2.05) is 20.9 Å². The number of amides is 1. The van der Waals surface area contributed by atoms with Crippen molar-refractivity contribution in [1.29, 1.82) is 0 Å². The fourth-order valence-corrected chi connectivity index (χ4v) is 6.98. The highest BCUT2D eigenvalue weighted by Crippen LogP contribution is 2.27. The average molecular weight is 865 g/mol. The van der Waals surface area contributed by atoms with Gasteiger partial charge in [-0.2, -0.15) is 11.8 Å². The highest BCUT2D eigenvalue weighted by molar-refractivity contribution is 7.99. The number of carbonyl (C=O) groups excluding carboxylic acids is 4. The number of piperidine rings is 2. The number of nitrogens with one attached hydrogen (secondary N) is 2. The van der Waals surface area contributed by atoms with Crippen molar-refractivity contribution in [1.82, 2.24) is 20.4 Å². The molecule has 2 fully saturated rings. The molecular weight excluding hydrogens is 785 g/mol. The van der Waals surface area contributed by atoms with Crippen molar-refractivity contribution < 1.29 is 57.1 Å². The highest BCUT2D eigenvalue weighted by atomic mass is 32.2. The third kappa shape index (κ3) is 32.2. The van der Waals surface area contributed by atoms with Crippen LogP contribution in [-0.4, -0.2) is 170 Å². The van der Waals surface area contributed by atoms with Gasteiger partial charge in [-0.05, 0) is 105 Å². The summed E-state index contributed by atoms with van der Waals surface area (Å²) in [4.78, 5) is 50.1. The van der Waals surface area contributed by atoms with Gasteiger partial charge in [-0.25, -0.2) is 4.79 Å². The number of carbonyl (C=O) groups is 4. The summed E-state index contributed by atoms with van der Waals surface area (Å²) in [5, 5.41) is 5.59. The van der Waals surface area contributed by atoms with E-state index in [2.05, 4.69) is 27.5 Å². The Morgan fingerprint density at radius 2 is 1.17 bits per heavy atom. The van der Waals surface area contributed by atoms with Crippen LogP contribution in [0.2, 0.25) is 0 Å². The normalized spacial score (nSPS) is 15.9. The van der Waals surface area contributed by atoms with Crippen molar-refractivity contribution in [3.8, 4) is 0 Å². The van der Waals surface area contributed by atoms with Gasteiger partial charge in [0.05, 0.1) is 32.8 Å². The van der Waals surface area contributed by atoms with Gasteiger partial charge in [-0.1, -0.05) is 26.2 Å². The topological polar surface area (TPSA) is 173 Å². The van der Waals surface area contributed by atoms with Crippen LogP contribution in [0.25, 0.3) is 0 Å². The molecule has 0 atom stereocenters. The lowest BCUT2D eigenvalue weighted by Gasteiger charge is -2.32. The number of alkyl carbamates (subject to hydrolysis) is 1. The van der Waals surface area contributed by atoms with E-state index in [-0.39, 0.29) is 44.3 Å². The van der Waals surface area contributed by atoms with Crippen LogP contribution in [0.5, 0.6) is 0 Å². The molecule has 0 aromatic carbocycles. The molecule has 2 aliphatic rings. The van der Waals surface area contributed by atoms with Crippen LogP contribution in [0.3, 0.4) is 0 Å². The Morgan fingerprint density at radius 3 is 1.71 bits per heavy atom. The van der Waals surface area contributed by atoms with Gasteiger partial charge in [0, 0.05) is 44.5 Å². The largest absolute Gasteiger partial charge is 0.465 e. The maximum absolute atomic E-state index is 12.1. The zero-order chi connectivity index (χ0) is 43.8. The third-order valence-corrected chi connectivity index (χ3v) is 10.8. The van der Waals surface area contributed by atoms with Crippen molar-refractivity contribution in [2.45, 2.75) is 111 Å². The summed E-state index contributed by atoms with van der Waals surface area (Å²) < 4.78 is 42.4. The molecule has 2 heterocycles. The molecule has 2 saturated heterocycles. The van der Waals surface area contributed by atoms with E-state index in [1.165, 1.54) is 65.0 Å². The monoisotopic (exact) mass is 865 g/mol. The van der Waals surface area contributed by atoms with Gasteiger partial charge in [0.2, 0.25) is 0 Å². The first-order valence-electron chi connectivity index (χ1n) is 21.7. The molecule has 59 heavy (non-hydrogen) atoms. The second-order valence-corrected chi connectivity index (χ2v) is 17.0. The summed E-state index contributed by atoms with van der Waals surface area (Å²) in [5.74, 6) is 0.886. The number of thioether (sulfide) groups is 1. The number of ether oxygens (including phenoxy) is 8. The number of likely N-dealkylation sites (N-methyl/N-ethyl adjacent to an activating group) is 1. The molecule has 0 spiro atoms. The molecule has 2 aliphatic heterocycles. The van der Waals surface area contributed by atoms with Gasteiger partial charge in [0.15, 0.2) is 11.6 Å². The number of esters is 3. The standard InChI is InChI=1S/C27H50N2O6.C15H30N2O6S/c1-5-25(30)32-19-21-34-27(2,3)35-22-20-33-26(31)13-18-29-16-11-24(12-17-29)8-6-7-23-9-14-28(4)15-10-23;1-13(18)20-9-11-24-12-10-21-14(19)17-6-8-23-15(2,3)22-7-5-16-4/h23-24H,5-22H2,1-4H3;16H,5-12H2,1-4H3,(H,17,19). The number of hydrogen-bond acceptors (Lipinski definition) is 16. The molecule has 2 rings (SSSR count). The Bertz CT molecular complexity index is 1120.